The smallest absolute Gasteiger partial charge is 0.261 e. The highest BCUT2D eigenvalue weighted by Crippen LogP contribution is 2.32. The summed E-state index contributed by atoms with van der Waals surface area (Å²) in [4.78, 5) is 12.4. The topological polar surface area (TPSA) is 55.1 Å². The SMILES string of the molecule is NCC(NC(=O)c1cccs1)C1CC1. The van der Waals surface area contributed by atoms with Crippen molar-refractivity contribution in [2.75, 3.05) is 6.54 Å². The number of hydrogen-bond donors (Lipinski definition) is 2. The molecule has 2 rings (SSSR count). The number of amides is 1. The van der Waals surface area contributed by atoms with Crippen molar-refractivity contribution in [3.8, 4) is 0 Å². The Morgan fingerprint density at radius 3 is 3.00 bits per heavy atom. The van der Waals surface area contributed by atoms with Crippen molar-refractivity contribution in [2.24, 2.45) is 11.7 Å². The van der Waals surface area contributed by atoms with E-state index >= 15 is 0 Å². The fourth-order valence-electron chi connectivity index (χ4n) is 1.52. The summed E-state index contributed by atoms with van der Waals surface area (Å²) in [7, 11) is 0. The van der Waals surface area contributed by atoms with Crippen molar-refractivity contribution in [1.82, 2.24) is 5.32 Å². The van der Waals surface area contributed by atoms with Gasteiger partial charge in [0.05, 0.1) is 4.88 Å². The molecule has 76 valence electrons. The lowest BCUT2D eigenvalue weighted by Crippen LogP contribution is -2.41. The van der Waals surface area contributed by atoms with E-state index in [0.717, 1.165) is 4.88 Å². The Hall–Kier alpha value is -0.870. The predicted octanol–water partition coefficient (Wildman–Crippen LogP) is 1.22. The fraction of sp³-hybridized carbons (Fsp3) is 0.500. The zero-order valence-electron chi connectivity index (χ0n) is 7.90. The lowest BCUT2D eigenvalue weighted by atomic mass is 10.2. The first-order valence-electron chi connectivity index (χ1n) is 4.85. The maximum Gasteiger partial charge on any atom is 0.261 e. The van der Waals surface area contributed by atoms with Crippen molar-refractivity contribution in [3.63, 3.8) is 0 Å². The summed E-state index contributed by atoms with van der Waals surface area (Å²) >= 11 is 1.46. The minimum Gasteiger partial charge on any atom is -0.347 e. The number of carbonyl (C=O) groups is 1. The molecule has 0 bridgehead atoms. The summed E-state index contributed by atoms with van der Waals surface area (Å²) in [6, 6.07) is 3.89. The van der Waals surface area contributed by atoms with Crippen LogP contribution in [0.3, 0.4) is 0 Å². The molecular formula is C10H14N2OS. The first-order valence-corrected chi connectivity index (χ1v) is 5.73. The lowest BCUT2D eigenvalue weighted by molar-refractivity contribution is 0.0937. The van der Waals surface area contributed by atoms with Crippen molar-refractivity contribution in [1.29, 1.82) is 0 Å². The molecule has 4 heteroatoms. The molecule has 0 aromatic carbocycles. The molecule has 1 amide bonds. The standard InChI is InChI=1S/C10H14N2OS/c11-6-8(7-3-4-7)12-10(13)9-2-1-5-14-9/h1-2,5,7-8H,3-4,6,11H2,(H,12,13). The maximum atomic E-state index is 11.7. The highest BCUT2D eigenvalue weighted by Gasteiger charge is 2.31. The van der Waals surface area contributed by atoms with Gasteiger partial charge in [0, 0.05) is 12.6 Å². The molecule has 1 heterocycles. The predicted molar refractivity (Wildman–Crippen MR) is 57.4 cm³/mol. The van der Waals surface area contributed by atoms with Gasteiger partial charge in [0.15, 0.2) is 0 Å². The molecule has 1 aromatic heterocycles. The van der Waals surface area contributed by atoms with Crippen LogP contribution in [0.2, 0.25) is 0 Å². The first-order chi connectivity index (χ1) is 6.81. The maximum absolute atomic E-state index is 11.7. The zero-order valence-corrected chi connectivity index (χ0v) is 8.72. The summed E-state index contributed by atoms with van der Waals surface area (Å²) in [5.74, 6) is 0.631. The molecule has 0 aliphatic heterocycles. The molecule has 1 unspecified atom stereocenters. The summed E-state index contributed by atoms with van der Waals surface area (Å²) in [6.07, 6.45) is 2.40. The Morgan fingerprint density at radius 2 is 2.50 bits per heavy atom. The second kappa shape index (κ2) is 4.11. The Labute approximate surface area is 87.3 Å². The molecule has 3 nitrogen and oxygen atoms in total. The van der Waals surface area contributed by atoms with Crippen LogP contribution in [-0.4, -0.2) is 18.5 Å². The quantitative estimate of drug-likeness (QED) is 0.785. The van der Waals surface area contributed by atoms with E-state index in [1.165, 1.54) is 24.2 Å². The molecule has 0 saturated heterocycles. The Kier molecular flexibility index (Phi) is 2.84. The Morgan fingerprint density at radius 1 is 1.71 bits per heavy atom. The van der Waals surface area contributed by atoms with Gasteiger partial charge in [-0.25, -0.2) is 0 Å². The van der Waals surface area contributed by atoms with E-state index in [-0.39, 0.29) is 11.9 Å². The number of nitrogens with two attached hydrogens (primary N) is 1. The van der Waals surface area contributed by atoms with E-state index in [1.807, 2.05) is 17.5 Å². The van der Waals surface area contributed by atoms with E-state index in [4.69, 9.17) is 5.73 Å². The number of hydrogen-bond acceptors (Lipinski definition) is 3. The molecule has 0 radical (unpaired) electrons. The van der Waals surface area contributed by atoms with Gasteiger partial charge in [0.2, 0.25) is 0 Å². The highest BCUT2D eigenvalue weighted by molar-refractivity contribution is 7.12. The third-order valence-electron chi connectivity index (χ3n) is 2.51. The molecule has 0 spiro atoms. The van der Waals surface area contributed by atoms with E-state index in [0.29, 0.717) is 12.5 Å². The van der Waals surface area contributed by atoms with Gasteiger partial charge in [-0.05, 0) is 30.2 Å². The van der Waals surface area contributed by atoms with Gasteiger partial charge in [-0.15, -0.1) is 11.3 Å². The third kappa shape index (κ3) is 2.13. The van der Waals surface area contributed by atoms with Crippen LogP contribution in [0.4, 0.5) is 0 Å². The van der Waals surface area contributed by atoms with Crippen molar-refractivity contribution in [3.05, 3.63) is 22.4 Å². The third-order valence-corrected chi connectivity index (χ3v) is 3.38. The van der Waals surface area contributed by atoms with Gasteiger partial charge < -0.3 is 11.1 Å². The molecule has 1 aliphatic rings. The lowest BCUT2D eigenvalue weighted by Gasteiger charge is -2.14. The molecule has 1 atom stereocenters. The number of rotatable bonds is 4. The second-order valence-electron chi connectivity index (χ2n) is 3.63. The minimum absolute atomic E-state index is 0.0161. The van der Waals surface area contributed by atoms with Crippen LogP contribution >= 0.6 is 11.3 Å². The monoisotopic (exact) mass is 210 g/mol. The number of carbonyl (C=O) groups excluding carboxylic acids is 1. The summed E-state index contributed by atoms with van der Waals surface area (Å²) in [5, 5.41) is 4.88. The number of nitrogens with one attached hydrogen (secondary N) is 1. The van der Waals surface area contributed by atoms with E-state index in [9.17, 15) is 4.79 Å². The van der Waals surface area contributed by atoms with Crippen LogP contribution in [0, 0.1) is 5.92 Å². The highest BCUT2D eigenvalue weighted by atomic mass is 32.1. The average molecular weight is 210 g/mol. The molecular weight excluding hydrogens is 196 g/mol. The Bertz CT molecular complexity index is 306. The normalized spacial score (nSPS) is 17.8. The van der Waals surface area contributed by atoms with Crippen LogP contribution in [0.5, 0.6) is 0 Å². The van der Waals surface area contributed by atoms with Crippen LogP contribution in [-0.2, 0) is 0 Å². The average Bonchev–Trinajstić information content (AvgIpc) is 2.88. The van der Waals surface area contributed by atoms with Crippen LogP contribution in [0.25, 0.3) is 0 Å². The summed E-state index contributed by atoms with van der Waals surface area (Å²) < 4.78 is 0. The first kappa shape index (κ1) is 9.68. The van der Waals surface area contributed by atoms with Gasteiger partial charge in [-0.1, -0.05) is 6.07 Å². The zero-order chi connectivity index (χ0) is 9.97. The second-order valence-corrected chi connectivity index (χ2v) is 4.58. The summed E-state index contributed by atoms with van der Waals surface area (Å²) in [5.41, 5.74) is 5.60. The van der Waals surface area contributed by atoms with E-state index < -0.39 is 0 Å². The molecule has 1 fully saturated rings. The largest absolute Gasteiger partial charge is 0.347 e. The van der Waals surface area contributed by atoms with Gasteiger partial charge in [0.25, 0.3) is 5.91 Å². The van der Waals surface area contributed by atoms with Gasteiger partial charge in [0.1, 0.15) is 0 Å². The van der Waals surface area contributed by atoms with Crippen molar-refractivity contribution < 1.29 is 4.79 Å². The van der Waals surface area contributed by atoms with Crippen molar-refractivity contribution in [2.45, 2.75) is 18.9 Å². The molecule has 3 N–H and O–H groups in total. The molecule has 1 aromatic rings. The molecule has 1 aliphatic carbocycles. The van der Waals surface area contributed by atoms with Crippen molar-refractivity contribution >= 4 is 17.2 Å². The summed E-state index contributed by atoms with van der Waals surface area (Å²) in [6.45, 7) is 0.543. The van der Waals surface area contributed by atoms with Crippen LogP contribution in [0.15, 0.2) is 17.5 Å². The van der Waals surface area contributed by atoms with E-state index in [2.05, 4.69) is 5.32 Å². The molecule has 1 saturated carbocycles. The van der Waals surface area contributed by atoms with Gasteiger partial charge in [-0.2, -0.15) is 0 Å². The fourth-order valence-corrected chi connectivity index (χ4v) is 2.14. The van der Waals surface area contributed by atoms with Crippen LogP contribution in [0.1, 0.15) is 22.5 Å². The number of thiophene rings is 1. The molecule has 14 heavy (non-hydrogen) atoms. The minimum atomic E-state index is 0.0161. The van der Waals surface area contributed by atoms with Gasteiger partial charge in [-0.3, -0.25) is 4.79 Å². The van der Waals surface area contributed by atoms with E-state index in [1.54, 1.807) is 0 Å². The Balaban J connectivity index is 1.92. The van der Waals surface area contributed by atoms with Gasteiger partial charge >= 0.3 is 0 Å². The van der Waals surface area contributed by atoms with Crippen LogP contribution < -0.4 is 11.1 Å².